The Labute approximate surface area is 148 Å². The van der Waals surface area contributed by atoms with Gasteiger partial charge in [0.2, 0.25) is 11.8 Å². The summed E-state index contributed by atoms with van der Waals surface area (Å²) >= 11 is 0. The van der Waals surface area contributed by atoms with Crippen molar-refractivity contribution in [2.75, 3.05) is 19.6 Å². The van der Waals surface area contributed by atoms with E-state index in [4.69, 9.17) is 0 Å². The summed E-state index contributed by atoms with van der Waals surface area (Å²) in [5.41, 5.74) is 2.68. The molecule has 25 heavy (non-hydrogen) atoms. The maximum absolute atomic E-state index is 12.5. The van der Waals surface area contributed by atoms with Gasteiger partial charge in [-0.1, -0.05) is 37.1 Å². The molecule has 134 valence electrons. The lowest BCUT2D eigenvalue weighted by Gasteiger charge is -2.31. The van der Waals surface area contributed by atoms with Crippen molar-refractivity contribution in [3.8, 4) is 0 Å². The molecule has 2 heterocycles. The molecule has 0 unspecified atom stereocenters. The zero-order chi connectivity index (χ0) is 17.4. The first-order valence-corrected chi connectivity index (χ1v) is 9.46. The highest BCUT2D eigenvalue weighted by molar-refractivity contribution is 6.05. The zero-order valence-corrected chi connectivity index (χ0v) is 14.6. The molecule has 5 nitrogen and oxygen atoms in total. The van der Waals surface area contributed by atoms with E-state index < -0.39 is 6.10 Å². The van der Waals surface area contributed by atoms with Gasteiger partial charge in [-0.05, 0) is 30.4 Å². The predicted molar refractivity (Wildman–Crippen MR) is 93.6 cm³/mol. The van der Waals surface area contributed by atoms with Crippen molar-refractivity contribution < 1.29 is 14.7 Å². The molecular weight excluding hydrogens is 316 g/mol. The molecule has 1 saturated carbocycles. The number of hydrogen-bond donors (Lipinski definition) is 1. The summed E-state index contributed by atoms with van der Waals surface area (Å²) < 4.78 is 0. The van der Waals surface area contributed by atoms with Gasteiger partial charge in [-0.3, -0.25) is 19.4 Å². The van der Waals surface area contributed by atoms with Gasteiger partial charge in [0.15, 0.2) is 0 Å². The number of β-amino-alcohol motifs (C(OH)–C–C–N with tert-alkyl or cyclic N) is 1. The second-order valence-electron chi connectivity index (χ2n) is 7.69. The minimum atomic E-state index is -0.682. The van der Waals surface area contributed by atoms with Crippen molar-refractivity contribution >= 4 is 11.8 Å². The normalized spacial score (nSPS) is 28.0. The summed E-state index contributed by atoms with van der Waals surface area (Å²) in [6, 6.07) is 8.40. The highest BCUT2D eigenvalue weighted by Crippen LogP contribution is 2.38. The van der Waals surface area contributed by atoms with E-state index >= 15 is 0 Å². The van der Waals surface area contributed by atoms with E-state index in [1.165, 1.54) is 16.0 Å². The largest absolute Gasteiger partial charge is 0.390 e. The van der Waals surface area contributed by atoms with Crippen molar-refractivity contribution in [1.82, 2.24) is 9.80 Å². The molecule has 5 heteroatoms. The number of carbonyl (C=O) groups excluding carboxylic acids is 2. The van der Waals surface area contributed by atoms with Gasteiger partial charge >= 0.3 is 0 Å². The van der Waals surface area contributed by atoms with Crippen LogP contribution < -0.4 is 0 Å². The van der Waals surface area contributed by atoms with Gasteiger partial charge in [0, 0.05) is 19.6 Å². The molecule has 0 spiro atoms. The monoisotopic (exact) mass is 342 g/mol. The topological polar surface area (TPSA) is 60.9 Å². The van der Waals surface area contributed by atoms with Gasteiger partial charge in [0.25, 0.3) is 0 Å². The molecule has 1 saturated heterocycles. The standard InChI is InChI=1S/C20H26N2O3/c23-16(12-21-10-9-14-5-1-2-6-15(14)11-21)13-22-19(24)17-7-3-4-8-18(17)20(22)25/h1-2,5-6,16-18,23H,3-4,7-13H2/t16-,17+,18+/m0/s1. The summed E-state index contributed by atoms with van der Waals surface area (Å²) in [5, 5.41) is 10.5. The Morgan fingerprint density at radius 3 is 2.32 bits per heavy atom. The maximum atomic E-state index is 12.5. The summed E-state index contributed by atoms with van der Waals surface area (Å²) in [6.45, 7) is 2.37. The van der Waals surface area contributed by atoms with Crippen molar-refractivity contribution in [2.24, 2.45) is 11.8 Å². The van der Waals surface area contributed by atoms with Crippen LogP contribution in [0.2, 0.25) is 0 Å². The molecule has 2 fully saturated rings. The molecule has 4 rings (SSSR count). The summed E-state index contributed by atoms with van der Waals surface area (Å²) in [4.78, 5) is 28.6. The van der Waals surface area contributed by atoms with Gasteiger partial charge in [0.05, 0.1) is 24.5 Å². The van der Waals surface area contributed by atoms with E-state index in [2.05, 4.69) is 23.1 Å². The number of rotatable bonds is 4. The number of aliphatic hydroxyl groups excluding tert-OH is 1. The second-order valence-corrected chi connectivity index (χ2v) is 7.69. The van der Waals surface area contributed by atoms with Crippen LogP contribution in [0.15, 0.2) is 24.3 Å². The summed E-state index contributed by atoms with van der Waals surface area (Å²) in [5.74, 6) is -0.374. The molecule has 0 radical (unpaired) electrons. The fraction of sp³-hybridized carbons (Fsp3) is 0.600. The van der Waals surface area contributed by atoms with Crippen LogP contribution in [-0.4, -0.2) is 52.5 Å². The van der Waals surface area contributed by atoms with E-state index in [-0.39, 0.29) is 30.2 Å². The molecule has 2 aliphatic heterocycles. The smallest absolute Gasteiger partial charge is 0.233 e. The van der Waals surface area contributed by atoms with Crippen LogP contribution in [-0.2, 0) is 22.6 Å². The van der Waals surface area contributed by atoms with Crippen LogP contribution in [0.1, 0.15) is 36.8 Å². The molecule has 1 aliphatic carbocycles. The number of aliphatic hydroxyl groups is 1. The lowest BCUT2D eigenvalue weighted by molar-refractivity contribution is -0.141. The molecule has 1 aromatic rings. The number of benzene rings is 1. The van der Waals surface area contributed by atoms with Gasteiger partial charge in [0.1, 0.15) is 0 Å². The molecule has 1 N–H and O–H groups in total. The highest BCUT2D eigenvalue weighted by Gasteiger charge is 2.48. The van der Waals surface area contributed by atoms with Crippen LogP contribution in [0.4, 0.5) is 0 Å². The molecule has 0 bridgehead atoms. The van der Waals surface area contributed by atoms with Crippen LogP contribution in [0.25, 0.3) is 0 Å². The first-order chi connectivity index (χ1) is 12.1. The number of likely N-dealkylation sites (tertiary alicyclic amines) is 1. The Balaban J connectivity index is 1.36. The summed E-state index contributed by atoms with van der Waals surface area (Å²) in [7, 11) is 0. The molecule has 2 amide bonds. The molecule has 3 aliphatic rings. The Hall–Kier alpha value is -1.72. The van der Waals surface area contributed by atoms with E-state index in [1.807, 2.05) is 6.07 Å². The average molecular weight is 342 g/mol. The van der Waals surface area contributed by atoms with Gasteiger partial charge in [-0.15, -0.1) is 0 Å². The number of carbonyl (C=O) groups is 2. The van der Waals surface area contributed by atoms with Crippen molar-refractivity contribution in [3.05, 3.63) is 35.4 Å². The third-order valence-corrected chi connectivity index (χ3v) is 6.00. The quantitative estimate of drug-likeness (QED) is 0.844. The van der Waals surface area contributed by atoms with Crippen molar-refractivity contribution in [3.63, 3.8) is 0 Å². The van der Waals surface area contributed by atoms with Crippen LogP contribution in [0.3, 0.4) is 0 Å². The van der Waals surface area contributed by atoms with Gasteiger partial charge in [-0.25, -0.2) is 0 Å². The van der Waals surface area contributed by atoms with E-state index in [0.29, 0.717) is 6.54 Å². The Morgan fingerprint density at radius 1 is 1.00 bits per heavy atom. The zero-order valence-electron chi connectivity index (χ0n) is 14.6. The Morgan fingerprint density at radius 2 is 1.64 bits per heavy atom. The van der Waals surface area contributed by atoms with E-state index in [9.17, 15) is 14.7 Å². The third kappa shape index (κ3) is 3.23. The Kier molecular flexibility index (Phi) is 4.61. The first-order valence-electron chi connectivity index (χ1n) is 9.46. The van der Waals surface area contributed by atoms with Crippen LogP contribution >= 0.6 is 0 Å². The SMILES string of the molecule is O=C1[C@@H]2CCCC[C@H]2C(=O)N1C[C@@H](O)CN1CCc2ccccc2C1. The summed E-state index contributed by atoms with van der Waals surface area (Å²) in [6.07, 6.45) is 4.01. The lowest BCUT2D eigenvalue weighted by atomic mass is 9.81. The predicted octanol–water partition coefficient (Wildman–Crippen LogP) is 1.58. The molecule has 0 aromatic heterocycles. The third-order valence-electron chi connectivity index (χ3n) is 6.00. The van der Waals surface area contributed by atoms with Gasteiger partial charge < -0.3 is 5.11 Å². The van der Waals surface area contributed by atoms with E-state index in [1.54, 1.807) is 0 Å². The number of hydrogen-bond acceptors (Lipinski definition) is 4. The molecular formula is C20H26N2O3. The minimum absolute atomic E-state index is 0.0576. The van der Waals surface area contributed by atoms with Crippen LogP contribution in [0.5, 0.6) is 0 Å². The molecule has 3 atom stereocenters. The van der Waals surface area contributed by atoms with Gasteiger partial charge in [-0.2, -0.15) is 0 Å². The first kappa shape index (κ1) is 16.7. The van der Waals surface area contributed by atoms with Crippen molar-refractivity contribution in [2.45, 2.75) is 44.8 Å². The lowest BCUT2D eigenvalue weighted by Crippen LogP contribution is -2.44. The van der Waals surface area contributed by atoms with E-state index in [0.717, 1.165) is 45.2 Å². The highest BCUT2D eigenvalue weighted by atomic mass is 16.3. The number of amides is 2. The number of imide groups is 1. The average Bonchev–Trinajstić information content (AvgIpc) is 2.87. The van der Waals surface area contributed by atoms with Crippen molar-refractivity contribution in [1.29, 1.82) is 0 Å². The maximum Gasteiger partial charge on any atom is 0.233 e. The fourth-order valence-electron chi connectivity index (χ4n) is 4.69. The fourth-order valence-corrected chi connectivity index (χ4v) is 4.69. The number of nitrogens with zero attached hydrogens (tertiary/aromatic N) is 2. The minimum Gasteiger partial charge on any atom is -0.390 e. The molecule has 1 aromatic carbocycles. The second kappa shape index (κ2) is 6.89. The number of fused-ring (bicyclic) bond motifs is 2. The van der Waals surface area contributed by atoms with Crippen LogP contribution in [0, 0.1) is 11.8 Å². The Bertz CT molecular complexity index is 651.